The maximum atomic E-state index is 12.8. The summed E-state index contributed by atoms with van der Waals surface area (Å²) in [5.41, 5.74) is 1.86. The van der Waals surface area contributed by atoms with Crippen molar-refractivity contribution in [2.45, 2.75) is 6.18 Å². The Morgan fingerprint density at radius 3 is 2.03 bits per heavy atom. The van der Waals surface area contributed by atoms with Gasteiger partial charge in [-0.3, -0.25) is 9.78 Å². The zero-order valence-corrected chi connectivity index (χ0v) is 21.5. The molecule has 11 heteroatoms. The van der Waals surface area contributed by atoms with Crippen LogP contribution in [0.2, 0.25) is 0 Å². The van der Waals surface area contributed by atoms with Crippen molar-refractivity contribution >= 4 is 23.1 Å². The Kier molecular flexibility index (Phi) is 7.89. The Labute approximate surface area is 223 Å². The molecule has 0 aliphatic carbocycles. The number of rotatable bonds is 8. The number of carbonyl (C=O) groups is 1. The number of amides is 1. The number of aromatic nitrogens is 2. The molecule has 1 heterocycles. The number of nitrogens with one attached hydrogen (secondary N) is 1. The van der Waals surface area contributed by atoms with Gasteiger partial charge in [0.15, 0.2) is 11.5 Å². The molecule has 0 fully saturated rings. The molecule has 0 aliphatic heterocycles. The lowest BCUT2D eigenvalue weighted by Gasteiger charge is -2.18. The van der Waals surface area contributed by atoms with Crippen LogP contribution in [-0.4, -0.2) is 44.3 Å². The second-order valence-corrected chi connectivity index (χ2v) is 8.31. The van der Waals surface area contributed by atoms with E-state index < -0.39 is 17.6 Å². The minimum absolute atomic E-state index is 0.144. The van der Waals surface area contributed by atoms with Crippen molar-refractivity contribution in [3.8, 4) is 28.5 Å². The molecule has 3 aromatic carbocycles. The van der Waals surface area contributed by atoms with Crippen LogP contribution in [0.4, 0.5) is 30.4 Å². The summed E-state index contributed by atoms with van der Waals surface area (Å²) in [4.78, 5) is 23.0. The van der Waals surface area contributed by atoms with Gasteiger partial charge < -0.3 is 24.4 Å². The molecule has 8 nitrogen and oxygen atoms in total. The summed E-state index contributed by atoms with van der Waals surface area (Å²) in [6.07, 6.45) is -1.29. The van der Waals surface area contributed by atoms with Crippen molar-refractivity contribution in [1.29, 1.82) is 0 Å². The van der Waals surface area contributed by atoms with Gasteiger partial charge in [0.25, 0.3) is 5.91 Å². The average Bonchev–Trinajstić information content (AvgIpc) is 2.95. The number of nitrogens with zero attached hydrogens (tertiary/aromatic N) is 3. The molecule has 0 radical (unpaired) electrons. The third-order valence-corrected chi connectivity index (χ3v) is 5.89. The van der Waals surface area contributed by atoms with Crippen LogP contribution in [-0.2, 0) is 6.18 Å². The number of benzene rings is 3. The zero-order valence-electron chi connectivity index (χ0n) is 21.5. The van der Waals surface area contributed by atoms with E-state index in [0.29, 0.717) is 40.1 Å². The topological polar surface area (TPSA) is 85.8 Å². The third kappa shape index (κ3) is 6.03. The fourth-order valence-electron chi connectivity index (χ4n) is 3.83. The summed E-state index contributed by atoms with van der Waals surface area (Å²) in [6, 6.07) is 14.6. The lowest BCUT2D eigenvalue weighted by Crippen LogP contribution is -2.26. The van der Waals surface area contributed by atoms with E-state index >= 15 is 0 Å². The number of hydrogen-bond donors (Lipinski definition) is 1. The third-order valence-electron chi connectivity index (χ3n) is 5.89. The highest BCUT2D eigenvalue weighted by atomic mass is 19.4. The Bertz CT molecular complexity index is 1430. The predicted molar refractivity (Wildman–Crippen MR) is 141 cm³/mol. The largest absolute Gasteiger partial charge is 0.493 e. The molecular weight excluding hydrogens is 513 g/mol. The highest BCUT2D eigenvalue weighted by Gasteiger charge is 2.30. The SMILES string of the molecule is COc1cc(Nc2cncc(-c3ccc(N(C)C(=O)c4ccc(C(F)(F)F)cc4)cc3)n2)cc(OC)c1OC. The lowest BCUT2D eigenvalue weighted by molar-refractivity contribution is -0.137. The molecule has 39 heavy (non-hydrogen) atoms. The smallest absolute Gasteiger partial charge is 0.416 e. The van der Waals surface area contributed by atoms with Crippen LogP contribution in [0.15, 0.2) is 73.1 Å². The van der Waals surface area contributed by atoms with Gasteiger partial charge in [0.2, 0.25) is 5.75 Å². The maximum absolute atomic E-state index is 12.8. The molecule has 1 amide bonds. The number of hydrogen-bond acceptors (Lipinski definition) is 7. The van der Waals surface area contributed by atoms with Crippen LogP contribution in [0.1, 0.15) is 15.9 Å². The van der Waals surface area contributed by atoms with Crippen molar-refractivity contribution in [1.82, 2.24) is 9.97 Å². The quantitative estimate of drug-likeness (QED) is 0.286. The number of halogens is 3. The fraction of sp³-hybridized carbons (Fsp3) is 0.179. The molecule has 202 valence electrons. The molecular formula is C28H25F3N4O4. The van der Waals surface area contributed by atoms with E-state index in [9.17, 15) is 18.0 Å². The number of alkyl halides is 3. The molecule has 0 saturated heterocycles. The van der Waals surface area contributed by atoms with Gasteiger partial charge in [-0.05, 0) is 36.4 Å². The Hall–Kier alpha value is -4.80. The molecule has 0 bridgehead atoms. The van der Waals surface area contributed by atoms with E-state index in [1.54, 1.807) is 55.8 Å². The zero-order chi connectivity index (χ0) is 28.2. The number of methoxy groups -OCH3 is 3. The van der Waals surface area contributed by atoms with E-state index in [1.165, 1.54) is 26.2 Å². The summed E-state index contributed by atoms with van der Waals surface area (Å²) in [7, 11) is 6.13. The highest BCUT2D eigenvalue weighted by molar-refractivity contribution is 6.05. The fourth-order valence-corrected chi connectivity index (χ4v) is 3.83. The van der Waals surface area contributed by atoms with E-state index in [-0.39, 0.29) is 5.56 Å². The highest BCUT2D eigenvalue weighted by Crippen LogP contribution is 2.40. The van der Waals surface area contributed by atoms with Gasteiger partial charge in [0.05, 0.1) is 45.0 Å². The summed E-state index contributed by atoms with van der Waals surface area (Å²) >= 11 is 0. The van der Waals surface area contributed by atoms with Gasteiger partial charge in [-0.2, -0.15) is 13.2 Å². The van der Waals surface area contributed by atoms with Crippen LogP contribution in [0.5, 0.6) is 17.2 Å². The first kappa shape index (κ1) is 27.2. The molecule has 4 rings (SSSR count). The molecule has 0 spiro atoms. The van der Waals surface area contributed by atoms with E-state index in [4.69, 9.17) is 14.2 Å². The van der Waals surface area contributed by atoms with Crippen molar-refractivity contribution in [3.63, 3.8) is 0 Å². The maximum Gasteiger partial charge on any atom is 0.416 e. The standard InChI is InChI=1S/C28H25F3N4O4/c1-35(27(36)18-5-9-19(10-6-18)28(29,30)31)21-11-7-17(8-12-21)22-15-32-16-25(34-22)33-20-13-23(37-2)26(39-4)24(14-20)38-3/h5-16H,1-4H3,(H,33,34). The first-order valence-corrected chi connectivity index (χ1v) is 11.6. The Morgan fingerprint density at radius 1 is 0.872 bits per heavy atom. The predicted octanol–water partition coefficient (Wildman–Crippen LogP) is 6.21. The molecule has 1 aromatic heterocycles. The number of anilines is 3. The monoisotopic (exact) mass is 538 g/mol. The van der Waals surface area contributed by atoms with Crippen molar-refractivity contribution in [2.75, 3.05) is 38.6 Å². The minimum atomic E-state index is -4.46. The van der Waals surface area contributed by atoms with Crippen molar-refractivity contribution in [2.24, 2.45) is 0 Å². The van der Waals surface area contributed by atoms with E-state index in [0.717, 1.165) is 29.8 Å². The minimum Gasteiger partial charge on any atom is -0.493 e. The summed E-state index contributed by atoms with van der Waals surface area (Å²) in [6.45, 7) is 0. The van der Waals surface area contributed by atoms with E-state index in [1.807, 2.05) is 0 Å². The number of carbonyl (C=O) groups excluding carboxylic acids is 1. The summed E-state index contributed by atoms with van der Waals surface area (Å²) < 4.78 is 54.6. The molecule has 0 saturated carbocycles. The molecule has 0 aliphatic rings. The Balaban J connectivity index is 1.51. The van der Waals surface area contributed by atoms with Crippen LogP contribution < -0.4 is 24.4 Å². The molecule has 0 atom stereocenters. The van der Waals surface area contributed by atoms with Gasteiger partial charge >= 0.3 is 6.18 Å². The van der Waals surface area contributed by atoms with Crippen LogP contribution in [0, 0.1) is 0 Å². The second kappa shape index (κ2) is 11.3. The van der Waals surface area contributed by atoms with Gasteiger partial charge in [-0.25, -0.2) is 4.98 Å². The van der Waals surface area contributed by atoms with Gasteiger partial charge in [0.1, 0.15) is 5.82 Å². The van der Waals surface area contributed by atoms with Gasteiger partial charge in [0, 0.05) is 41.7 Å². The summed E-state index contributed by atoms with van der Waals surface area (Å²) in [5, 5.41) is 3.18. The van der Waals surface area contributed by atoms with Gasteiger partial charge in [-0.1, -0.05) is 12.1 Å². The van der Waals surface area contributed by atoms with E-state index in [2.05, 4.69) is 15.3 Å². The van der Waals surface area contributed by atoms with Crippen LogP contribution in [0.25, 0.3) is 11.3 Å². The lowest BCUT2D eigenvalue weighted by atomic mass is 10.1. The molecule has 1 N–H and O–H groups in total. The average molecular weight is 539 g/mol. The number of ether oxygens (including phenoxy) is 3. The normalized spacial score (nSPS) is 11.1. The Morgan fingerprint density at radius 2 is 1.49 bits per heavy atom. The van der Waals surface area contributed by atoms with Gasteiger partial charge in [-0.15, -0.1) is 0 Å². The van der Waals surface area contributed by atoms with Crippen molar-refractivity contribution in [3.05, 3.63) is 84.2 Å². The molecule has 0 unspecified atom stereocenters. The second-order valence-electron chi connectivity index (χ2n) is 8.31. The van der Waals surface area contributed by atoms with Crippen LogP contribution in [0.3, 0.4) is 0 Å². The molecule has 4 aromatic rings. The van der Waals surface area contributed by atoms with Crippen molar-refractivity contribution < 1.29 is 32.2 Å². The first-order chi connectivity index (χ1) is 18.6. The van der Waals surface area contributed by atoms with Crippen LogP contribution >= 0.6 is 0 Å². The summed E-state index contributed by atoms with van der Waals surface area (Å²) in [5.74, 6) is 1.46. The first-order valence-electron chi connectivity index (χ1n) is 11.6.